The van der Waals surface area contributed by atoms with Crippen LogP contribution in [0, 0.1) is 0 Å². The summed E-state index contributed by atoms with van der Waals surface area (Å²) in [6, 6.07) is 16.2. The number of rotatable bonds is 5. The Morgan fingerprint density at radius 2 is 1.90 bits per heavy atom. The molecule has 1 aromatic heterocycles. The second-order valence-electron chi connectivity index (χ2n) is 6.64. The Hall–Kier alpha value is -3.10. The molecule has 0 aliphatic carbocycles. The molecule has 0 saturated heterocycles. The smallest absolute Gasteiger partial charge is 0.264 e. The van der Waals surface area contributed by atoms with Gasteiger partial charge in [-0.05, 0) is 48.0 Å². The minimum atomic E-state index is -3.92. The fourth-order valence-electron chi connectivity index (χ4n) is 3.11. The van der Waals surface area contributed by atoms with Gasteiger partial charge in [-0.2, -0.15) is 0 Å². The Morgan fingerprint density at radius 1 is 1.13 bits per heavy atom. The average molecular weight is 444 g/mol. The Kier molecular flexibility index (Phi) is 5.61. The second kappa shape index (κ2) is 8.33. The Bertz CT molecular complexity index is 1150. The van der Waals surface area contributed by atoms with Crippen molar-refractivity contribution in [2.24, 2.45) is 0 Å². The molecule has 9 heteroatoms. The largest absolute Gasteiger partial charge is 0.476 e. The van der Waals surface area contributed by atoms with E-state index in [0.29, 0.717) is 16.5 Å². The van der Waals surface area contributed by atoms with E-state index in [0.717, 1.165) is 5.56 Å². The summed E-state index contributed by atoms with van der Waals surface area (Å²) in [6.07, 6.45) is 2.29. The molecule has 1 aliphatic rings. The molecule has 3 aromatic rings. The number of anilines is 1. The fraction of sp³-hybridized carbons (Fsp3) is 0.143. The number of halogens is 1. The minimum Gasteiger partial charge on any atom is -0.476 e. The summed E-state index contributed by atoms with van der Waals surface area (Å²) >= 11 is 5.89. The van der Waals surface area contributed by atoms with Crippen LogP contribution >= 0.6 is 11.6 Å². The van der Waals surface area contributed by atoms with Crippen molar-refractivity contribution in [3.63, 3.8) is 0 Å². The first kappa shape index (κ1) is 20.2. The lowest BCUT2D eigenvalue weighted by molar-refractivity contribution is -0.127. The lowest BCUT2D eigenvalue weighted by Crippen LogP contribution is -2.50. The van der Waals surface area contributed by atoms with Crippen molar-refractivity contribution in [2.45, 2.75) is 17.5 Å². The summed E-state index contributed by atoms with van der Waals surface area (Å²) in [5.74, 6) is -0.0903. The molecule has 7 nitrogen and oxygen atoms in total. The van der Waals surface area contributed by atoms with Crippen molar-refractivity contribution in [1.29, 1.82) is 0 Å². The first-order valence-corrected chi connectivity index (χ1v) is 11.0. The highest BCUT2D eigenvalue weighted by Crippen LogP contribution is 2.36. The van der Waals surface area contributed by atoms with Crippen molar-refractivity contribution in [2.75, 3.05) is 10.8 Å². The van der Waals surface area contributed by atoms with Crippen LogP contribution in [0.4, 0.5) is 5.69 Å². The predicted octanol–water partition coefficient (Wildman–Crippen LogP) is 3.01. The highest BCUT2D eigenvalue weighted by molar-refractivity contribution is 7.92. The standard InChI is InChI=1S/C21H18ClN3O4S/c22-16-7-9-17(10-8-16)30(27,28)25-14-20(29-19-6-2-1-5-18(19)25)21(26)24-13-15-4-3-11-23-12-15/h1-12,20H,13-14H2,(H,24,26). The quantitative estimate of drug-likeness (QED) is 0.654. The molecular weight excluding hydrogens is 426 g/mol. The zero-order chi connectivity index (χ0) is 21.1. The van der Waals surface area contributed by atoms with Crippen LogP contribution in [0.5, 0.6) is 5.75 Å². The van der Waals surface area contributed by atoms with Crippen molar-refractivity contribution in [1.82, 2.24) is 10.3 Å². The molecule has 1 amide bonds. The van der Waals surface area contributed by atoms with Crippen molar-refractivity contribution in [3.8, 4) is 5.75 Å². The number of aromatic nitrogens is 1. The fourth-order valence-corrected chi connectivity index (χ4v) is 4.71. The normalized spacial score (nSPS) is 15.8. The highest BCUT2D eigenvalue weighted by Gasteiger charge is 2.37. The Morgan fingerprint density at radius 3 is 2.63 bits per heavy atom. The molecule has 1 aliphatic heterocycles. The van der Waals surface area contributed by atoms with E-state index >= 15 is 0 Å². The van der Waals surface area contributed by atoms with E-state index in [1.54, 1.807) is 42.7 Å². The molecule has 0 radical (unpaired) electrons. The molecule has 30 heavy (non-hydrogen) atoms. The number of hydrogen-bond acceptors (Lipinski definition) is 5. The van der Waals surface area contributed by atoms with Gasteiger partial charge in [-0.1, -0.05) is 29.8 Å². The zero-order valence-corrected chi connectivity index (χ0v) is 17.3. The van der Waals surface area contributed by atoms with Crippen LogP contribution < -0.4 is 14.4 Å². The van der Waals surface area contributed by atoms with Crippen LogP contribution in [-0.2, 0) is 21.4 Å². The summed E-state index contributed by atoms with van der Waals surface area (Å²) in [5.41, 5.74) is 1.21. The Labute approximate surface area is 179 Å². The van der Waals surface area contributed by atoms with Crippen LogP contribution in [0.1, 0.15) is 5.56 Å². The van der Waals surface area contributed by atoms with E-state index < -0.39 is 22.0 Å². The van der Waals surface area contributed by atoms with Crippen molar-refractivity contribution >= 4 is 33.2 Å². The SMILES string of the molecule is O=C(NCc1cccnc1)C1CN(S(=O)(=O)c2ccc(Cl)cc2)c2ccccc2O1. The maximum absolute atomic E-state index is 13.3. The third-order valence-electron chi connectivity index (χ3n) is 4.62. The molecule has 1 atom stereocenters. The van der Waals surface area contributed by atoms with Gasteiger partial charge in [0.2, 0.25) is 0 Å². The zero-order valence-electron chi connectivity index (χ0n) is 15.7. The van der Waals surface area contributed by atoms with Crippen molar-refractivity contribution in [3.05, 3.63) is 83.6 Å². The monoisotopic (exact) mass is 443 g/mol. The minimum absolute atomic E-state index is 0.0816. The predicted molar refractivity (Wildman–Crippen MR) is 113 cm³/mol. The third-order valence-corrected chi connectivity index (χ3v) is 6.66. The molecular formula is C21H18ClN3O4S. The van der Waals surface area contributed by atoms with Crippen LogP contribution in [0.3, 0.4) is 0 Å². The van der Waals surface area contributed by atoms with E-state index in [2.05, 4.69) is 10.3 Å². The number of amides is 1. The maximum atomic E-state index is 13.3. The number of sulfonamides is 1. The number of fused-ring (bicyclic) bond motifs is 1. The number of pyridine rings is 1. The number of para-hydroxylation sites is 2. The van der Waals surface area contributed by atoms with Gasteiger partial charge in [-0.3, -0.25) is 14.1 Å². The first-order valence-electron chi connectivity index (χ1n) is 9.16. The summed E-state index contributed by atoms with van der Waals surface area (Å²) in [6.45, 7) is 0.110. The van der Waals surface area contributed by atoms with Gasteiger partial charge in [-0.15, -0.1) is 0 Å². The van der Waals surface area contributed by atoms with E-state index in [-0.39, 0.29) is 18.0 Å². The molecule has 1 unspecified atom stereocenters. The van der Waals surface area contributed by atoms with Gasteiger partial charge in [0.1, 0.15) is 5.75 Å². The van der Waals surface area contributed by atoms with Crippen molar-refractivity contribution < 1.29 is 17.9 Å². The molecule has 0 spiro atoms. The molecule has 2 heterocycles. The summed E-state index contributed by atoms with van der Waals surface area (Å²) < 4.78 is 33.6. The number of carbonyl (C=O) groups is 1. The highest BCUT2D eigenvalue weighted by atomic mass is 35.5. The summed E-state index contributed by atoms with van der Waals surface area (Å²) in [7, 11) is -3.92. The third kappa shape index (κ3) is 4.10. The number of hydrogen-bond donors (Lipinski definition) is 1. The second-order valence-corrected chi connectivity index (χ2v) is 8.94. The van der Waals surface area contributed by atoms with Gasteiger partial charge in [0, 0.05) is 24.0 Å². The van der Waals surface area contributed by atoms with Gasteiger partial charge in [0.15, 0.2) is 6.10 Å². The van der Waals surface area contributed by atoms with Crippen LogP contribution in [0.2, 0.25) is 5.02 Å². The molecule has 0 fully saturated rings. The van der Waals surface area contributed by atoms with Gasteiger partial charge in [0.05, 0.1) is 17.1 Å². The number of nitrogens with zero attached hydrogens (tertiary/aromatic N) is 2. The van der Waals surface area contributed by atoms with E-state index in [1.165, 1.54) is 28.6 Å². The number of nitrogens with one attached hydrogen (secondary N) is 1. The van der Waals surface area contributed by atoms with E-state index in [1.807, 2.05) is 6.07 Å². The van der Waals surface area contributed by atoms with Crippen LogP contribution in [0.25, 0.3) is 0 Å². The van der Waals surface area contributed by atoms with Crippen LogP contribution in [-0.4, -0.2) is 32.0 Å². The van der Waals surface area contributed by atoms with Gasteiger partial charge >= 0.3 is 0 Å². The topological polar surface area (TPSA) is 88.6 Å². The van der Waals surface area contributed by atoms with E-state index in [9.17, 15) is 13.2 Å². The van der Waals surface area contributed by atoms with Gasteiger partial charge < -0.3 is 10.1 Å². The average Bonchev–Trinajstić information content (AvgIpc) is 2.77. The lowest BCUT2D eigenvalue weighted by Gasteiger charge is -2.34. The first-order chi connectivity index (χ1) is 14.4. The maximum Gasteiger partial charge on any atom is 0.264 e. The number of ether oxygens (including phenoxy) is 1. The summed E-state index contributed by atoms with van der Waals surface area (Å²) in [5, 5.41) is 3.21. The molecule has 154 valence electrons. The van der Waals surface area contributed by atoms with Gasteiger partial charge in [-0.25, -0.2) is 8.42 Å². The number of benzene rings is 2. The number of carbonyl (C=O) groups excluding carboxylic acids is 1. The van der Waals surface area contributed by atoms with Gasteiger partial charge in [0.25, 0.3) is 15.9 Å². The molecule has 2 aromatic carbocycles. The molecule has 0 saturated carbocycles. The molecule has 4 rings (SSSR count). The Balaban J connectivity index is 1.60. The summed E-state index contributed by atoms with van der Waals surface area (Å²) in [4.78, 5) is 16.8. The molecule has 1 N–H and O–H groups in total. The molecule has 0 bridgehead atoms. The van der Waals surface area contributed by atoms with E-state index in [4.69, 9.17) is 16.3 Å². The lowest BCUT2D eigenvalue weighted by atomic mass is 10.2. The van der Waals surface area contributed by atoms with Crippen LogP contribution in [0.15, 0.2) is 78.0 Å².